The van der Waals surface area contributed by atoms with Crippen molar-refractivity contribution in [3.63, 3.8) is 0 Å². The first-order chi connectivity index (χ1) is 12.4. The average molecular weight is 378 g/mol. The summed E-state index contributed by atoms with van der Waals surface area (Å²) in [7, 11) is 0. The van der Waals surface area contributed by atoms with Gasteiger partial charge in [-0.05, 0) is 25.8 Å². The third-order valence-electron chi connectivity index (χ3n) is 4.91. The van der Waals surface area contributed by atoms with Crippen molar-refractivity contribution in [2.45, 2.75) is 35.6 Å². The number of nitrogens with zero attached hydrogens (tertiary/aromatic N) is 3. The Bertz CT molecular complexity index is 768. The lowest BCUT2D eigenvalue weighted by Crippen LogP contribution is -2.52. The molecule has 3 aliphatic rings. The van der Waals surface area contributed by atoms with E-state index in [2.05, 4.69) is 33.0 Å². The van der Waals surface area contributed by atoms with Crippen LogP contribution in [0.2, 0.25) is 0 Å². The Hall–Kier alpha value is -2.04. The van der Waals surface area contributed by atoms with Crippen LogP contribution in [0, 0.1) is 5.82 Å². The molecule has 1 aromatic rings. The number of rotatable bonds is 2. The van der Waals surface area contributed by atoms with E-state index in [4.69, 9.17) is 16.5 Å². The fourth-order valence-electron chi connectivity index (χ4n) is 3.21. The number of aromatic nitrogens is 1. The molecular weight excluding hydrogens is 355 g/mol. The molecule has 0 aliphatic carbocycles. The van der Waals surface area contributed by atoms with Gasteiger partial charge in [0, 0.05) is 24.8 Å². The lowest BCUT2D eigenvalue weighted by Gasteiger charge is -2.39. The number of thioether (sulfide) groups is 1. The molecule has 1 saturated heterocycles. The number of likely N-dealkylation sites (tertiary alicyclic amines) is 1. The SMILES string of the molecule is CC1(N)CCN(C2=NC3=C(NC2)C(Sc2ccnc(N)c2F)NN3)CC1. The molecule has 8 nitrogen and oxygen atoms in total. The monoisotopic (exact) mass is 378 g/mol. The normalized spacial score (nSPS) is 24.7. The fourth-order valence-corrected chi connectivity index (χ4v) is 4.24. The number of halogens is 1. The predicted octanol–water partition coefficient (Wildman–Crippen LogP) is 0.313. The summed E-state index contributed by atoms with van der Waals surface area (Å²) in [5, 5.41) is 3.23. The summed E-state index contributed by atoms with van der Waals surface area (Å²) >= 11 is 1.33. The molecule has 140 valence electrons. The highest BCUT2D eigenvalue weighted by Gasteiger charge is 2.33. The van der Waals surface area contributed by atoms with Gasteiger partial charge < -0.3 is 27.1 Å². The minimum Gasteiger partial charge on any atom is -0.381 e. The highest BCUT2D eigenvalue weighted by Crippen LogP contribution is 2.32. The number of nitrogen functional groups attached to an aromatic ring is 1. The van der Waals surface area contributed by atoms with Crippen LogP contribution in [-0.2, 0) is 0 Å². The lowest BCUT2D eigenvalue weighted by atomic mass is 9.91. The standard InChI is InChI=1S/C16H23FN8S/c1-16(19)3-6-25(7-4-16)10-8-21-12-14(22-10)23-24-15(12)26-9-2-5-20-13(18)11(9)17/h2,5,15,21,23-24H,3-4,6-8,19H2,1H3,(H2,18,20). The topological polar surface area (TPSA) is 117 Å². The Morgan fingerprint density at radius 3 is 2.92 bits per heavy atom. The van der Waals surface area contributed by atoms with Crippen molar-refractivity contribution in [3.8, 4) is 0 Å². The molecule has 3 aliphatic heterocycles. The van der Waals surface area contributed by atoms with Crippen LogP contribution in [0.3, 0.4) is 0 Å². The zero-order valence-electron chi connectivity index (χ0n) is 14.6. The van der Waals surface area contributed by atoms with E-state index in [0.717, 1.165) is 43.3 Å². The first kappa shape index (κ1) is 17.4. The summed E-state index contributed by atoms with van der Waals surface area (Å²) in [5.41, 5.74) is 18.8. The van der Waals surface area contributed by atoms with E-state index in [0.29, 0.717) is 11.4 Å². The maximum atomic E-state index is 14.1. The van der Waals surface area contributed by atoms with Crippen molar-refractivity contribution in [1.29, 1.82) is 0 Å². The molecule has 0 bridgehead atoms. The van der Waals surface area contributed by atoms with Gasteiger partial charge in [0.05, 0.1) is 17.1 Å². The van der Waals surface area contributed by atoms with Gasteiger partial charge in [0.2, 0.25) is 0 Å². The number of piperidine rings is 1. The largest absolute Gasteiger partial charge is 0.381 e. The van der Waals surface area contributed by atoms with Crippen LogP contribution in [0.25, 0.3) is 0 Å². The van der Waals surface area contributed by atoms with Crippen LogP contribution in [0.1, 0.15) is 19.8 Å². The maximum Gasteiger partial charge on any atom is 0.178 e. The second-order valence-corrected chi connectivity index (χ2v) is 8.21. The van der Waals surface area contributed by atoms with E-state index in [1.165, 1.54) is 18.0 Å². The molecule has 0 amide bonds. The molecule has 0 saturated carbocycles. The zero-order valence-corrected chi connectivity index (χ0v) is 15.4. The number of hydrogen-bond donors (Lipinski definition) is 5. The highest BCUT2D eigenvalue weighted by molar-refractivity contribution is 8.00. The van der Waals surface area contributed by atoms with Crippen LogP contribution >= 0.6 is 11.8 Å². The average Bonchev–Trinajstić information content (AvgIpc) is 3.01. The lowest BCUT2D eigenvalue weighted by molar-refractivity contribution is 0.242. The number of aliphatic imine (C=N–C) groups is 1. The first-order valence-corrected chi connectivity index (χ1v) is 9.48. The van der Waals surface area contributed by atoms with Gasteiger partial charge in [-0.1, -0.05) is 11.8 Å². The molecule has 26 heavy (non-hydrogen) atoms. The number of nitrogens with two attached hydrogens (primary N) is 2. The van der Waals surface area contributed by atoms with E-state index in [-0.39, 0.29) is 16.7 Å². The van der Waals surface area contributed by atoms with E-state index in [1.54, 1.807) is 6.07 Å². The third-order valence-corrected chi connectivity index (χ3v) is 6.07. The number of amidine groups is 1. The second-order valence-electron chi connectivity index (χ2n) is 7.06. The molecule has 0 radical (unpaired) electrons. The maximum absolute atomic E-state index is 14.1. The minimum atomic E-state index is -0.494. The molecule has 1 atom stereocenters. The van der Waals surface area contributed by atoms with Crippen LogP contribution < -0.4 is 27.6 Å². The molecule has 0 aromatic carbocycles. The van der Waals surface area contributed by atoms with Crippen molar-refractivity contribution in [2.24, 2.45) is 10.7 Å². The summed E-state index contributed by atoms with van der Waals surface area (Å²) in [6.07, 6.45) is 3.40. The van der Waals surface area contributed by atoms with Gasteiger partial charge in [-0.2, -0.15) is 0 Å². The molecule has 0 spiro atoms. The minimum absolute atomic E-state index is 0.0884. The van der Waals surface area contributed by atoms with Crippen molar-refractivity contribution < 1.29 is 4.39 Å². The number of anilines is 1. The summed E-state index contributed by atoms with van der Waals surface area (Å²) in [5.74, 6) is 1.15. The van der Waals surface area contributed by atoms with Gasteiger partial charge >= 0.3 is 0 Å². The molecule has 1 aromatic heterocycles. The number of pyridine rings is 1. The van der Waals surface area contributed by atoms with Gasteiger partial charge in [0.25, 0.3) is 0 Å². The number of hydrogen-bond acceptors (Lipinski definition) is 9. The van der Waals surface area contributed by atoms with Gasteiger partial charge in [0.1, 0.15) is 11.2 Å². The van der Waals surface area contributed by atoms with Crippen LogP contribution in [0.4, 0.5) is 10.2 Å². The van der Waals surface area contributed by atoms with Crippen LogP contribution in [0.15, 0.2) is 33.7 Å². The van der Waals surface area contributed by atoms with Gasteiger partial charge in [-0.15, -0.1) is 0 Å². The van der Waals surface area contributed by atoms with E-state index in [9.17, 15) is 4.39 Å². The molecule has 10 heteroatoms. The van der Waals surface area contributed by atoms with Crippen LogP contribution in [0.5, 0.6) is 0 Å². The molecule has 1 fully saturated rings. The van der Waals surface area contributed by atoms with Gasteiger partial charge in [-0.25, -0.2) is 19.8 Å². The van der Waals surface area contributed by atoms with Gasteiger partial charge in [0.15, 0.2) is 17.5 Å². The second kappa shape index (κ2) is 6.60. The Kier molecular flexibility index (Phi) is 4.41. The summed E-state index contributed by atoms with van der Waals surface area (Å²) in [6, 6.07) is 1.62. The summed E-state index contributed by atoms with van der Waals surface area (Å²) in [4.78, 5) is 11.2. The summed E-state index contributed by atoms with van der Waals surface area (Å²) in [6.45, 7) is 4.55. The Balaban J connectivity index is 1.48. The molecule has 7 N–H and O–H groups in total. The quantitative estimate of drug-likeness (QED) is 0.499. The van der Waals surface area contributed by atoms with E-state index < -0.39 is 5.82 Å². The van der Waals surface area contributed by atoms with E-state index >= 15 is 0 Å². The van der Waals surface area contributed by atoms with Crippen molar-refractivity contribution >= 4 is 23.4 Å². The Labute approximate surface area is 155 Å². The molecule has 4 heterocycles. The number of nitrogens with one attached hydrogen (secondary N) is 3. The predicted molar refractivity (Wildman–Crippen MR) is 100 cm³/mol. The van der Waals surface area contributed by atoms with Crippen LogP contribution in [-0.4, -0.2) is 46.3 Å². The first-order valence-electron chi connectivity index (χ1n) is 8.60. The van der Waals surface area contributed by atoms with Crippen molar-refractivity contribution in [1.82, 2.24) is 26.1 Å². The molecule has 4 rings (SSSR count). The molecular formula is C16H23FN8S. The summed E-state index contributed by atoms with van der Waals surface area (Å²) < 4.78 is 14.1. The highest BCUT2D eigenvalue weighted by atomic mass is 32.2. The Morgan fingerprint density at radius 1 is 1.38 bits per heavy atom. The van der Waals surface area contributed by atoms with E-state index in [1.807, 2.05) is 0 Å². The van der Waals surface area contributed by atoms with Gasteiger partial charge in [-0.3, -0.25) is 0 Å². The fraction of sp³-hybridized carbons (Fsp3) is 0.500. The Morgan fingerprint density at radius 2 is 2.15 bits per heavy atom. The zero-order chi connectivity index (χ0) is 18.3. The third kappa shape index (κ3) is 3.31. The smallest absolute Gasteiger partial charge is 0.178 e. The number of hydrazine groups is 1. The van der Waals surface area contributed by atoms with Crippen molar-refractivity contribution in [3.05, 3.63) is 29.6 Å². The van der Waals surface area contributed by atoms with Crippen molar-refractivity contribution in [2.75, 3.05) is 25.4 Å². The molecule has 1 unspecified atom stereocenters.